The van der Waals surface area contributed by atoms with Crippen LogP contribution < -0.4 is 4.74 Å². The lowest BCUT2D eigenvalue weighted by Gasteiger charge is -2.44. The number of esters is 1. The average molecular weight is 276 g/mol. The first-order chi connectivity index (χ1) is 9.72. The van der Waals surface area contributed by atoms with Crippen molar-refractivity contribution in [1.29, 1.82) is 0 Å². The Balaban J connectivity index is 1.89. The number of rotatable bonds is 3. The summed E-state index contributed by atoms with van der Waals surface area (Å²) in [5.41, 5.74) is 1.42. The van der Waals surface area contributed by atoms with Crippen LogP contribution in [0.4, 0.5) is 0 Å². The van der Waals surface area contributed by atoms with E-state index in [9.17, 15) is 4.79 Å². The molecule has 5 nitrogen and oxygen atoms in total. The van der Waals surface area contributed by atoms with E-state index < -0.39 is 5.97 Å². The van der Waals surface area contributed by atoms with Crippen molar-refractivity contribution in [3.05, 3.63) is 23.4 Å². The highest BCUT2D eigenvalue weighted by Crippen LogP contribution is 2.38. The SMILES string of the molecule is COC(=O)c1ccc(C2CN3CCC2CC3)nc1OC. The number of piperidine rings is 3. The molecule has 2 bridgehead atoms. The largest absolute Gasteiger partial charge is 0.480 e. The van der Waals surface area contributed by atoms with Crippen molar-refractivity contribution >= 4 is 5.97 Å². The van der Waals surface area contributed by atoms with Crippen LogP contribution in [0.1, 0.15) is 34.8 Å². The Labute approximate surface area is 118 Å². The third-order valence-electron chi connectivity index (χ3n) is 4.52. The maximum Gasteiger partial charge on any atom is 0.343 e. The summed E-state index contributed by atoms with van der Waals surface area (Å²) < 4.78 is 10.0. The van der Waals surface area contributed by atoms with Crippen molar-refractivity contribution in [3.8, 4) is 5.88 Å². The second kappa shape index (κ2) is 5.40. The Hall–Kier alpha value is -1.62. The molecule has 0 saturated carbocycles. The van der Waals surface area contributed by atoms with Crippen LogP contribution in [-0.4, -0.2) is 49.7 Å². The Morgan fingerprint density at radius 3 is 2.60 bits per heavy atom. The van der Waals surface area contributed by atoms with Crippen LogP contribution in [0, 0.1) is 5.92 Å². The van der Waals surface area contributed by atoms with Gasteiger partial charge in [-0.2, -0.15) is 0 Å². The first-order valence-electron chi connectivity index (χ1n) is 7.08. The van der Waals surface area contributed by atoms with Gasteiger partial charge in [-0.3, -0.25) is 0 Å². The van der Waals surface area contributed by atoms with Crippen LogP contribution in [0.15, 0.2) is 12.1 Å². The van der Waals surface area contributed by atoms with Crippen LogP contribution in [0.3, 0.4) is 0 Å². The molecule has 0 aromatic carbocycles. The van der Waals surface area contributed by atoms with Gasteiger partial charge in [0.2, 0.25) is 5.88 Å². The van der Waals surface area contributed by atoms with Crippen LogP contribution in [-0.2, 0) is 4.74 Å². The highest BCUT2D eigenvalue weighted by atomic mass is 16.5. The normalized spacial score (nSPS) is 28.2. The molecular weight excluding hydrogens is 256 g/mol. The maximum atomic E-state index is 11.7. The van der Waals surface area contributed by atoms with Gasteiger partial charge in [-0.05, 0) is 44.0 Å². The highest BCUT2D eigenvalue weighted by molar-refractivity contribution is 5.91. The van der Waals surface area contributed by atoms with Gasteiger partial charge in [-0.1, -0.05) is 0 Å². The summed E-state index contributed by atoms with van der Waals surface area (Å²) in [5, 5.41) is 0. The lowest BCUT2D eigenvalue weighted by atomic mass is 9.77. The number of pyridine rings is 1. The highest BCUT2D eigenvalue weighted by Gasteiger charge is 2.36. The zero-order valence-corrected chi connectivity index (χ0v) is 12.0. The zero-order valence-electron chi connectivity index (χ0n) is 12.0. The number of ether oxygens (including phenoxy) is 2. The molecule has 4 heterocycles. The van der Waals surface area contributed by atoms with E-state index in [-0.39, 0.29) is 0 Å². The average Bonchev–Trinajstić information content (AvgIpc) is 2.54. The smallest absolute Gasteiger partial charge is 0.343 e. The topological polar surface area (TPSA) is 51.7 Å². The van der Waals surface area contributed by atoms with Gasteiger partial charge in [0.05, 0.1) is 14.2 Å². The van der Waals surface area contributed by atoms with E-state index in [1.54, 1.807) is 6.07 Å². The molecule has 0 N–H and O–H groups in total. The van der Waals surface area contributed by atoms with Crippen molar-refractivity contribution < 1.29 is 14.3 Å². The van der Waals surface area contributed by atoms with Gasteiger partial charge in [0, 0.05) is 18.2 Å². The van der Waals surface area contributed by atoms with Crippen molar-refractivity contribution in [2.75, 3.05) is 33.9 Å². The molecule has 1 aromatic rings. The van der Waals surface area contributed by atoms with E-state index in [1.807, 2.05) is 6.07 Å². The molecule has 0 spiro atoms. The Morgan fingerprint density at radius 2 is 2.05 bits per heavy atom. The third-order valence-corrected chi connectivity index (χ3v) is 4.52. The fourth-order valence-corrected chi connectivity index (χ4v) is 3.38. The van der Waals surface area contributed by atoms with Crippen LogP contribution >= 0.6 is 0 Å². The van der Waals surface area contributed by atoms with Gasteiger partial charge in [0.1, 0.15) is 5.56 Å². The Bertz CT molecular complexity index is 510. The Morgan fingerprint density at radius 1 is 1.30 bits per heavy atom. The standard InChI is InChI=1S/C15H20N2O3/c1-19-14-11(15(18)20-2)3-4-13(16-14)12-9-17-7-5-10(12)6-8-17/h3-4,10,12H,5-9H2,1-2H3. The quantitative estimate of drug-likeness (QED) is 0.786. The van der Waals surface area contributed by atoms with Crippen LogP contribution in [0.2, 0.25) is 0 Å². The molecule has 0 aliphatic carbocycles. The van der Waals surface area contributed by atoms with Crippen molar-refractivity contribution in [2.45, 2.75) is 18.8 Å². The summed E-state index contributed by atoms with van der Waals surface area (Å²) in [6, 6.07) is 3.71. The number of aromatic nitrogens is 1. The first-order valence-corrected chi connectivity index (χ1v) is 7.08. The number of methoxy groups -OCH3 is 2. The van der Waals surface area contributed by atoms with Gasteiger partial charge < -0.3 is 14.4 Å². The van der Waals surface area contributed by atoms with Gasteiger partial charge in [0.25, 0.3) is 0 Å². The van der Waals surface area contributed by atoms with E-state index in [2.05, 4.69) is 9.88 Å². The van der Waals surface area contributed by atoms with E-state index in [0.29, 0.717) is 23.3 Å². The number of nitrogens with zero attached hydrogens (tertiary/aromatic N) is 2. The molecule has 0 radical (unpaired) electrons. The van der Waals surface area contributed by atoms with Crippen molar-refractivity contribution in [1.82, 2.24) is 9.88 Å². The summed E-state index contributed by atoms with van der Waals surface area (Å²) in [7, 11) is 2.90. The molecule has 1 unspecified atom stereocenters. The minimum atomic E-state index is -0.408. The molecule has 3 aliphatic rings. The maximum absolute atomic E-state index is 11.7. The van der Waals surface area contributed by atoms with Crippen LogP contribution in [0.25, 0.3) is 0 Å². The number of hydrogen-bond acceptors (Lipinski definition) is 5. The number of carbonyl (C=O) groups is 1. The lowest BCUT2D eigenvalue weighted by molar-refractivity contribution is 0.0595. The summed E-state index contributed by atoms with van der Waals surface area (Å²) in [4.78, 5) is 18.7. The zero-order chi connectivity index (χ0) is 14.1. The monoisotopic (exact) mass is 276 g/mol. The third kappa shape index (κ3) is 2.26. The van der Waals surface area contributed by atoms with Gasteiger partial charge in [-0.25, -0.2) is 9.78 Å². The van der Waals surface area contributed by atoms with Gasteiger partial charge in [0.15, 0.2) is 0 Å². The van der Waals surface area contributed by atoms with Gasteiger partial charge >= 0.3 is 5.97 Å². The molecule has 1 aromatic heterocycles. The number of hydrogen-bond donors (Lipinski definition) is 0. The minimum Gasteiger partial charge on any atom is -0.480 e. The second-order valence-corrected chi connectivity index (χ2v) is 5.53. The molecule has 5 heteroatoms. The van der Waals surface area contributed by atoms with E-state index in [0.717, 1.165) is 12.2 Å². The Kier molecular flexibility index (Phi) is 3.61. The summed E-state index contributed by atoms with van der Waals surface area (Å²) in [6.45, 7) is 3.48. The van der Waals surface area contributed by atoms with Gasteiger partial charge in [-0.15, -0.1) is 0 Å². The molecule has 3 aliphatic heterocycles. The molecule has 3 saturated heterocycles. The van der Waals surface area contributed by atoms with E-state index in [4.69, 9.17) is 9.47 Å². The molecule has 1 atom stereocenters. The summed E-state index contributed by atoms with van der Waals surface area (Å²) >= 11 is 0. The summed E-state index contributed by atoms with van der Waals surface area (Å²) in [5.74, 6) is 1.12. The van der Waals surface area contributed by atoms with E-state index >= 15 is 0 Å². The predicted octanol–water partition coefficient (Wildman–Crippen LogP) is 1.69. The number of carbonyl (C=O) groups excluding carboxylic acids is 1. The molecule has 0 amide bonds. The number of fused-ring (bicyclic) bond motifs is 3. The molecule has 4 rings (SSSR count). The molecular formula is C15H20N2O3. The van der Waals surface area contributed by atoms with Crippen molar-refractivity contribution in [3.63, 3.8) is 0 Å². The minimum absolute atomic E-state index is 0.366. The van der Waals surface area contributed by atoms with Crippen LogP contribution in [0.5, 0.6) is 5.88 Å². The predicted molar refractivity (Wildman–Crippen MR) is 74.0 cm³/mol. The lowest BCUT2D eigenvalue weighted by Crippen LogP contribution is -2.46. The fourth-order valence-electron chi connectivity index (χ4n) is 3.38. The first kappa shape index (κ1) is 13.4. The molecule has 3 fully saturated rings. The second-order valence-electron chi connectivity index (χ2n) is 5.53. The molecule has 108 valence electrons. The summed E-state index contributed by atoms with van der Waals surface area (Å²) in [6.07, 6.45) is 2.49. The molecule has 20 heavy (non-hydrogen) atoms. The van der Waals surface area contributed by atoms with E-state index in [1.165, 1.54) is 40.2 Å². The van der Waals surface area contributed by atoms with Crippen molar-refractivity contribution in [2.24, 2.45) is 5.92 Å². The fraction of sp³-hybridized carbons (Fsp3) is 0.600.